The van der Waals surface area contributed by atoms with Crippen molar-refractivity contribution < 1.29 is 4.79 Å². The van der Waals surface area contributed by atoms with Crippen LogP contribution in [0, 0.1) is 13.8 Å². The van der Waals surface area contributed by atoms with Crippen molar-refractivity contribution >= 4 is 32.6 Å². The average Bonchev–Trinajstić information content (AvgIpc) is 3.26. The summed E-state index contributed by atoms with van der Waals surface area (Å²) < 4.78 is 1.09. The van der Waals surface area contributed by atoms with E-state index in [1.165, 1.54) is 16.7 Å². The van der Waals surface area contributed by atoms with Crippen LogP contribution in [0.3, 0.4) is 0 Å². The molecule has 0 saturated heterocycles. The number of amides is 1. The molecule has 0 aliphatic rings. The van der Waals surface area contributed by atoms with E-state index in [1.54, 1.807) is 28.6 Å². The maximum Gasteiger partial charge on any atom is 0.233 e. The molecular formula is C29H25N3OS. The van der Waals surface area contributed by atoms with Crippen LogP contribution in [0.25, 0.3) is 21.3 Å². The van der Waals surface area contributed by atoms with Crippen molar-refractivity contribution in [1.82, 2.24) is 9.97 Å². The molecule has 34 heavy (non-hydrogen) atoms. The minimum Gasteiger partial charge on any atom is -0.283 e. The number of aromatic nitrogens is 2. The summed E-state index contributed by atoms with van der Waals surface area (Å²) in [6.45, 7) is 4.63. The number of benzene rings is 3. The number of rotatable bonds is 6. The van der Waals surface area contributed by atoms with Crippen molar-refractivity contribution in [2.75, 3.05) is 4.90 Å². The van der Waals surface area contributed by atoms with E-state index in [2.05, 4.69) is 55.2 Å². The predicted molar refractivity (Wildman–Crippen MR) is 140 cm³/mol. The van der Waals surface area contributed by atoms with Crippen molar-refractivity contribution in [3.05, 3.63) is 114 Å². The molecule has 4 nitrogen and oxygen atoms in total. The number of nitrogens with zero attached hydrogens (tertiary/aromatic N) is 3. The van der Waals surface area contributed by atoms with Crippen molar-refractivity contribution in [3.8, 4) is 11.1 Å². The molecular weight excluding hydrogens is 438 g/mol. The molecule has 0 N–H and O–H groups in total. The summed E-state index contributed by atoms with van der Waals surface area (Å²) in [5.74, 6) is 0.0174. The minimum atomic E-state index is 0.0174. The number of pyridine rings is 1. The Labute approximate surface area is 203 Å². The van der Waals surface area contributed by atoms with Gasteiger partial charge in [0.1, 0.15) is 0 Å². The number of hydrogen-bond donors (Lipinski definition) is 0. The summed E-state index contributed by atoms with van der Waals surface area (Å²) >= 11 is 1.56. The van der Waals surface area contributed by atoms with E-state index in [1.807, 2.05) is 42.5 Å². The lowest BCUT2D eigenvalue weighted by atomic mass is 10.0. The Kier molecular flexibility index (Phi) is 6.19. The molecule has 0 bridgehead atoms. The van der Waals surface area contributed by atoms with Crippen molar-refractivity contribution in [3.63, 3.8) is 0 Å². The first-order valence-corrected chi connectivity index (χ1v) is 12.1. The highest BCUT2D eigenvalue weighted by Crippen LogP contribution is 2.32. The van der Waals surface area contributed by atoms with Gasteiger partial charge in [-0.1, -0.05) is 72.0 Å². The van der Waals surface area contributed by atoms with Gasteiger partial charge in [-0.3, -0.25) is 14.7 Å². The van der Waals surface area contributed by atoms with Gasteiger partial charge in [0.25, 0.3) is 0 Å². The van der Waals surface area contributed by atoms with Crippen LogP contribution in [0.2, 0.25) is 0 Å². The fourth-order valence-corrected chi connectivity index (χ4v) is 5.00. The minimum absolute atomic E-state index is 0.0174. The monoisotopic (exact) mass is 463 g/mol. The molecule has 3 aromatic carbocycles. The van der Waals surface area contributed by atoms with Crippen molar-refractivity contribution in [2.45, 2.75) is 26.8 Å². The zero-order valence-corrected chi connectivity index (χ0v) is 20.0. The van der Waals surface area contributed by atoms with E-state index in [9.17, 15) is 4.79 Å². The van der Waals surface area contributed by atoms with E-state index < -0.39 is 0 Å². The Morgan fingerprint density at radius 1 is 0.853 bits per heavy atom. The summed E-state index contributed by atoms with van der Waals surface area (Å²) in [5, 5.41) is 0.717. The van der Waals surface area contributed by atoms with Gasteiger partial charge in [0, 0.05) is 12.4 Å². The van der Waals surface area contributed by atoms with E-state index in [4.69, 9.17) is 4.98 Å². The predicted octanol–water partition coefficient (Wildman–Crippen LogP) is 6.75. The lowest BCUT2D eigenvalue weighted by Gasteiger charge is -2.20. The molecule has 0 unspecified atom stereocenters. The van der Waals surface area contributed by atoms with Gasteiger partial charge in [0.15, 0.2) is 5.13 Å². The maximum absolute atomic E-state index is 13.6. The van der Waals surface area contributed by atoms with Gasteiger partial charge in [-0.25, -0.2) is 4.98 Å². The Balaban J connectivity index is 1.43. The molecule has 2 heterocycles. The largest absolute Gasteiger partial charge is 0.283 e. The second kappa shape index (κ2) is 9.57. The van der Waals surface area contributed by atoms with Gasteiger partial charge in [0.2, 0.25) is 5.91 Å². The lowest BCUT2D eigenvalue weighted by molar-refractivity contribution is -0.118. The van der Waals surface area contributed by atoms with Crippen LogP contribution in [-0.4, -0.2) is 15.9 Å². The van der Waals surface area contributed by atoms with Crippen LogP contribution < -0.4 is 4.90 Å². The summed E-state index contributed by atoms with van der Waals surface area (Å²) in [4.78, 5) is 24.4. The van der Waals surface area contributed by atoms with Gasteiger partial charge in [-0.05, 0) is 65.4 Å². The molecule has 0 fully saturated rings. The third-order valence-corrected chi connectivity index (χ3v) is 7.05. The smallest absolute Gasteiger partial charge is 0.233 e. The highest BCUT2D eigenvalue weighted by atomic mass is 32.1. The third-order valence-electron chi connectivity index (χ3n) is 6.00. The molecule has 0 aliphatic carbocycles. The topological polar surface area (TPSA) is 46.1 Å². The summed E-state index contributed by atoms with van der Waals surface area (Å²) in [7, 11) is 0. The fraction of sp³-hybridized carbons (Fsp3) is 0.138. The molecule has 0 radical (unpaired) electrons. The zero-order valence-electron chi connectivity index (χ0n) is 19.2. The first kappa shape index (κ1) is 22.0. The molecule has 0 saturated carbocycles. The molecule has 0 aliphatic heterocycles. The molecule has 5 aromatic rings. The molecule has 2 aromatic heterocycles. The highest BCUT2D eigenvalue weighted by molar-refractivity contribution is 7.22. The molecule has 0 atom stereocenters. The Bertz CT molecular complexity index is 1390. The molecule has 5 rings (SSSR count). The van der Waals surface area contributed by atoms with Crippen molar-refractivity contribution in [1.29, 1.82) is 0 Å². The maximum atomic E-state index is 13.6. The van der Waals surface area contributed by atoms with Crippen LogP contribution in [0.15, 0.2) is 91.3 Å². The van der Waals surface area contributed by atoms with E-state index in [0.29, 0.717) is 13.0 Å². The van der Waals surface area contributed by atoms with Crippen molar-refractivity contribution in [2.24, 2.45) is 0 Å². The Morgan fingerprint density at radius 3 is 2.32 bits per heavy atom. The molecule has 168 valence electrons. The van der Waals surface area contributed by atoms with Crippen LogP contribution in [0.1, 0.15) is 22.3 Å². The Hall–Kier alpha value is -3.83. The fourth-order valence-electron chi connectivity index (χ4n) is 3.94. The van der Waals surface area contributed by atoms with Crippen LogP contribution >= 0.6 is 11.3 Å². The van der Waals surface area contributed by atoms with Crippen LogP contribution in [0.5, 0.6) is 0 Å². The summed E-state index contributed by atoms with van der Waals surface area (Å²) in [6, 6.07) is 26.6. The Morgan fingerprint density at radius 2 is 1.59 bits per heavy atom. The first-order valence-electron chi connectivity index (χ1n) is 11.3. The number of fused-ring (bicyclic) bond motifs is 1. The van der Waals surface area contributed by atoms with Crippen LogP contribution in [-0.2, 0) is 17.8 Å². The number of thiazole rings is 1. The zero-order chi connectivity index (χ0) is 23.5. The third kappa shape index (κ3) is 4.75. The normalized spacial score (nSPS) is 11.0. The van der Waals surface area contributed by atoms with E-state index >= 15 is 0 Å². The second-order valence-corrected chi connectivity index (χ2v) is 9.49. The summed E-state index contributed by atoms with van der Waals surface area (Å²) in [5.41, 5.74) is 7.62. The standard InChI is InChI=1S/C29H25N3OS/c1-20-15-26-27(16-21(20)2)34-29(31-26)32(19-23-7-6-14-30-18-23)28(33)17-22-10-12-25(13-11-22)24-8-4-3-5-9-24/h3-16,18H,17,19H2,1-2H3. The van der Waals surface area contributed by atoms with Gasteiger partial charge < -0.3 is 0 Å². The number of carbonyl (C=O) groups is 1. The number of hydrogen-bond acceptors (Lipinski definition) is 4. The van der Waals surface area contributed by atoms with Gasteiger partial charge in [-0.15, -0.1) is 0 Å². The van der Waals surface area contributed by atoms with Gasteiger partial charge in [-0.2, -0.15) is 0 Å². The molecule has 1 amide bonds. The van der Waals surface area contributed by atoms with Crippen LogP contribution in [0.4, 0.5) is 5.13 Å². The average molecular weight is 464 g/mol. The molecule has 5 heteroatoms. The lowest BCUT2D eigenvalue weighted by Crippen LogP contribution is -2.31. The highest BCUT2D eigenvalue weighted by Gasteiger charge is 2.21. The van der Waals surface area contributed by atoms with E-state index in [0.717, 1.165) is 32.0 Å². The molecule has 0 spiro atoms. The number of carbonyl (C=O) groups excluding carboxylic acids is 1. The second-order valence-electron chi connectivity index (χ2n) is 8.48. The quantitative estimate of drug-likeness (QED) is 0.280. The SMILES string of the molecule is Cc1cc2nc(N(Cc3cccnc3)C(=O)Cc3ccc(-c4ccccc4)cc3)sc2cc1C. The summed E-state index contributed by atoms with van der Waals surface area (Å²) in [6.07, 6.45) is 3.85. The number of aryl methyl sites for hydroxylation is 2. The van der Waals surface area contributed by atoms with Gasteiger partial charge in [0.05, 0.1) is 23.2 Å². The van der Waals surface area contributed by atoms with Gasteiger partial charge >= 0.3 is 0 Å². The van der Waals surface area contributed by atoms with E-state index in [-0.39, 0.29) is 5.91 Å². The number of anilines is 1. The first-order chi connectivity index (χ1) is 16.6.